The summed E-state index contributed by atoms with van der Waals surface area (Å²) in [6.45, 7) is 0. The predicted octanol–water partition coefficient (Wildman–Crippen LogP) is -3.88. The van der Waals surface area contributed by atoms with E-state index in [0.717, 1.165) is 0 Å². The Balaban J connectivity index is 0. The van der Waals surface area contributed by atoms with Gasteiger partial charge in [-0.05, 0) is 0 Å². The van der Waals surface area contributed by atoms with Gasteiger partial charge in [-0.2, -0.15) is 0 Å². The van der Waals surface area contributed by atoms with Gasteiger partial charge in [-0.1, -0.05) is 0 Å². The van der Waals surface area contributed by atoms with Gasteiger partial charge in [0.05, 0.1) is 0 Å². The molecule has 0 bridgehead atoms. The predicted molar refractivity (Wildman–Crippen MR) is 12.2 cm³/mol. The third-order valence-corrected chi connectivity index (χ3v) is 0. The van der Waals surface area contributed by atoms with Gasteiger partial charge in [0, 0.05) is 0 Å². The molecule has 0 aromatic carbocycles. The Kier molecular flexibility index (Phi) is 243. The smallest absolute Gasteiger partial charge is 2.00 e. The summed E-state index contributed by atoms with van der Waals surface area (Å²) < 4.78 is 0. The van der Waals surface area contributed by atoms with Crippen LogP contribution in [0.4, 0.5) is 0 Å². The zero-order valence-electron chi connectivity index (χ0n) is 2.41. The van der Waals surface area contributed by atoms with Crippen LogP contribution in [0.25, 0.3) is 0 Å². The third-order valence-electron chi connectivity index (χ3n) is 0. The van der Waals surface area contributed by atoms with Crippen LogP contribution in [0.2, 0.25) is 0 Å². The fourth-order valence-corrected chi connectivity index (χ4v) is 0. The molecule has 0 aliphatic rings. The van der Waals surface area contributed by atoms with Crippen LogP contribution in [-0.4, -0.2) is 38.3 Å². The van der Waals surface area contributed by atoms with Gasteiger partial charge < -0.3 is 5.48 Å². The van der Waals surface area contributed by atoms with Crippen molar-refractivity contribution in [3.05, 3.63) is 0 Å². The summed E-state index contributed by atoms with van der Waals surface area (Å²) >= 11 is 0. The zero-order valence-corrected chi connectivity index (χ0v) is 7.30. The molecule has 0 saturated heterocycles. The molecule has 10 valence electrons. The normalized spacial score (nSPS) is 0. The van der Waals surface area contributed by atoms with Crippen LogP contribution in [0.5, 0.6) is 0 Å². The van der Waals surface area contributed by atoms with Gasteiger partial charge in [-0.3, -0.25) is 0 Å². The quantitative estimate of drug-likeness (QED) is 0.398. The Morgan fingerprint density at radius 2 is 1.00 bits per heavy atom. The Morgan fingerprint density at radius 1 is 1.00 bits per heavy atom. The topological polar surface area (TPSA) is 28.5 Å². The molecule has 4 heavy (non-hydrogen) atoms. The van der Waals surface area contributed by atoms with Gasteiger partial charge in [0.25, 0.3) is 0 Å². The molecule has 0 amide bonds. The fourth-order valence-electron chi connectivity index (χ4n) is 0. The van der Waals surface area contributed by atoms with E-state index in [1.165, 1.54) is 0 Å². The molecule has 0 aromatic rings. The molecule has 4 heteroatoms. The molecule has 0 aliphatic carbocycles. The summed E-state index contributed by atoms with van der Waals surface area (Å²) in [5, 5.41) is 0. The molecule has 2 radical (unpaired) electrons. The Bertz CT molecular complexity index is 8.00. The van der Waals surface area contributed by atoms with Gasteiger partial charge in [0.2, 0.25) is 0 Å². The molecular formula is LiOPbSi+5. The van der Waals surface area contributed by atoms with Gasteiger partial charge in [0.1, 0.15) is 0 Å². The summed E-state index contributed by atoms with van der Waals surface area (Å²) in [5.41, 5.74) is 0. The number of hydrogen-bond donors (Lipinski definition) is 0. The first kappa shape index (κ1) is 43.7. The number of hydrogen-bond acceptors (Lipinski definition) is 0. The van der Waals surface area contributed by atoms with Gasteiger partial charge in [-0.15, -0.1) is 0 Å². The van der Waals surface area contributed by atoms with Crippen molar-refractivity contribution in [2.24, 2.45) is 0 Å². The molecule has 0 fully saturated rings. The van der Waals surface area contributed by atoms with E-state index in [4.69, 9.17) is 0 Å². The van der Waals surface area contributed by atoms with Crippen LogP contribution >= 0.6 is 0 Å². The van der Waals surface area contributed by atoms with E-state index >= 15 is 0 Å². The molecule has 0 heterocycles. The van der Waals surface area contributed by atoms with E-state index in [-0.39, 0.29) is 62.6 Å². The van der Waals surface area contributed by atoms with E-state index in [9.17, 15) is 0 Å². The van der Waals surface area contributed by atoms with E-state index < -0.39 is 0 Å². The molecule has 0 unspecified atom stereocenters. The largest absolute Gasteiger partial charge is 4.00 e. The molecule has 0 spiro atoms. The van der Waals surface area contributed by atoms with Crippen molar-refractivity contribution in [3.63, 3.8) is 0 Å². The van der Waals surface area contributed by atoms with Crippen molar-refractivity contribution >= 4 is 38.3 Å². The maximum absolute atomic E-state index is 0. The maximum Gasteiger partial charge on any atom is 4.00 e. The fraction of sp³-hybridized carbons (Fsp3) is 0. The Morgan fingerprint density at radius 3 is 1.00 bits per heavy atom. The van der Waals surface area contributed by atoms with Crippen molar-refractivity contribution in [2.75, 3.05) is 0 Å². The van der Waals surface area contributed by atoms with Crippen molar-refractivity contribution < 1.29 is 24.3 Å². The van der Waals surface area contributed by atoms with E-state index in [1.54, 1.807) is 0 Å². The summed E-state index contributed by atoms with van der Waals surface area (Å²) in [6.07, 6.45) is 0. The molecule has 0 aliphatic heterocycles. The average molecular weight is 258 g/mol. The molecule has 0 N–H and O–H groups in total. The standard InChI is InChI=1S/Li.O.Pb.Si/q+1;-2;+2;+4. The summed E-state index contributed by atoms with van der Waals surface area (Å²) in [4.78, 5) is 0. The third kappa shape index (κ3) is 9.34. The summed E-state index contributed by atoms with van der Waals surface area (Å²) in [6, 6.07) is 0. The summed E-state index contributed by atoms with van der Waals surface area (Å²) in [5.74, 6) is 0. The van der Waals surface area contributed by atoms with Crippen molar-refractivity contribution in [2.45, 2.75) is 0 Å². The van der Waals surface area contributed by atoms with Gasteiger partial charge in [-0.25, -0.2) is 0 Å². The van der Waals surface area contributed by atoms with Crippen LogP contribution in [-0.2, 0) is 5.48 Å². The molecule has 0 atom stereocenters. The molecule has 0 aromatic heterocycles. The molecule has 0 rings (SSSR count). The minimum atomic E-state index is 0. The first-order valence-corrected chi connectivity index (χ1v) is 0. The van der Waals surface area contributed by atoms with Crippen LogP contribution in [0.3, 0.4) is 0 Å². The van der Waals surface area contributed by atoms with Crippen LogP contribution in [0.15, 0.2) is 0 Å². The number of rotatable bonds is 0. The first-order chi connectivity index (χ1) is 0. The minimum Gasteiger partial charge on any atom is -2.00 e. The van der Waals surface area contributed by atoms with Crippen LogP contribution in [0, 0.1) is 0 Å². The molecule has 1 nitrogen and oxygen atoms in total. The SMILES string of the molecule is [Li+].[O-2].[Pb+2].[Si+4]. The zero-order chi connectivity index (χ0) is 0. The van der Waals surface area contributed by atoms with E-state index in [2.05, 4.69) is 0 Å². The second kappa shape index (κ2) is 22.3. The van der Waals surface area contributed by atoms with Crippen LogP contribution < -0.4 is 18.9 Å². The van der Waals surface area contributed by atoms with Crippen molar-refractivity contribution in [1.82, 2.24) is 0 Å². The van der Waals surface area contributed by atoms with Crippen molar-refractivity contribution in [1.29, 1.82) is 0 Å². The van der Waals surface area contributed by atoms with Gasteiger partial charge in [0.15, 0.2) is 0 Å². The molecule has 0 saturated carbocycles. The Hall–Kier alpha value is 1.70. The Labute approximate surface area is 62.2 Å². The van der Waals surface area contributed by atoms with E-state index in [1.807, 2.05) is 0 Å². The molecular weight excluding hydrogens is 258 g/mol. The minimum absolute atomic E-state index is 0. The van der Waals surface area contributed by atoms with Crippen molar-refractivity contribution in [3.8, 4) is 0 Å². The second-order valence-corrected chi connectivity index (χ2v) is 0. The second-order valence-electron chi connectivity index (χ2n) is 0. The van der Waals surface area contributed by atoms with Gasteiger partial charge >= 0.3 is 57.1 Å². The first-order valence-electron chi connectivity index (χ1n) is 0. The van der Waals surface area contributed by atoms with Crippen LogP contribution in [0.1, 0.15) is 0 Å². The van der Waals surface area contributed by atoms with E-state index in [0.29, 0.717) is 0 Å². The average Bonchev–Trinajstić information content (AvgIpc) is 0. The monoisotopic (exact) mass is 259 g/mol. The maximum atomic E-state index is 0. The summed E-state index contributed by atoms with van der Waals surface area (Å²) in [7, 11) is 0.